The van der Waals surface area contributed by atoms with Crippen LogP contribution in [0.3, 0.4) is 0 Å². The third kappa shape index (κ3) is 2.19. The Morgan fingerprint density at radius 3 is 2.27 bits per heavy atom. The van der Waals surface area contributed by atoms with Gasteiger partial charge in [-0.3, -0.25) is 4.79 Å². The van der Waals surface area contributed by atoms with E-state index in [2.05, 4.69) is 5.32 Å². The maximum atomic E-state index is 12.5. The van der Waals surface area contributed by atoms with Crippen molar-refractivity contribution in [2.45, 2.75) is 4.87 Å². The molecule has 114 valence electrons. The molecule has 4 nitrogen and oxygen atoms in total. The van der Waals surface area contributed by atoms with Crippen molar-refractivity contribution in [3.63, 3.8) is 0 Å². The molecule has 1 aliphatic heterocycles. The van der Waals surface area contributed by atoms with Crippen molar-refractivity contribution in [2.75, 3.05) is 19.5 Å². The number of ether oxygens (including phenoxy) is 2. The van der Waals surface area contributed by atoms with Crippen LogP contribution in [0.5, 0.6) is 11.5 Å². The lowest BCUT2D eigenvalue weighted by atomic mass is 9.91. The molecule has 1 atom stereocenters. The number of rotatable bonds is 3. The monoisotopic (exact) mass is 337 g/mol. The first kappa shape index (κ1) is 15.0. The average Bonchev–Trinajstić information content (AvgIpc) is 2.79. The molecule has 6 heteroatoms. The van der Waals surface area contributed by atoms with Crippen molar-refractivity contribution < 1.29 is 14.3 Å². The normalized spacial score (nSPS) is 19.5. The van der Waals surface area contributed by atoms with Crippen molar-refractivity contribution in [3.8, 4) is 11.5 Å². The molecule has 1 aliphatic rings. The zero-order valence-corrected chi connectivity index (χ0v) is 13.5. The van der Waals surface area contributed by atoms with Crippen LogP contribution in [0, 0.1) is 0 Å². The van der Waals surface area contributed by atoms with Gasteiger partial charge < -0.3 is 14.8 Å². The van der Waals surface area contributed by atoms with Crippen LogP contribution in [-0.4, -0.2) is 20.1 Å². The SMILES string of the molecule is COc1cc(OC)cc(C2(Cl)C(=O)Nc3ccc(Cl)cc32)c1. The van der Waals surface area contributed by atoms with Gasteiger partial charge in [0, 0.05) is 22.3 Å². The minimum atomic E-state index is -1.37. The molecule has 1 N–H and O–H groups in total. The summed E-state index contributed by atoms with van der Waals surface area (Å²) in [6, 6.07) is 10.3. The van der Waals surface area contributed by atoms with Gasteiger partial charge in [0.2, 0.25) is 0 Å². The summed E-state index contributed by atoms with van der Waals surface area (Å²) < 4.78 is 10.5. The van der Waals surface area contributed by atoms with Gasteiger partial charge in [-0.1, -0.05) is 23.2 Å². The van der Waals surface area contributed by atoms with E-state index in [1.807, 2.05) is 0 Å². The maximum Gasteiger partial charge on any atom is 0.254 e. The second-order valence-corrected chi connectivity index (χ2v) is 5.91. The Kier molecular flexibility index (Phi) is 3.67. The number of benzene rings is 2. The summed E-state index contributed by atoms with van der Waals surface area (Å²) in [4.78, 5) is 11.1. The molecule has 1 unspecified atom stereocenters. The van der Waals surface area contributed by atoms with Crippen LogP contribution < -0.4 is 14.8 Å². The predicted molar refractivity (Wildman–Crippen MR) is 86.3 cm³/mol. The zero-order valence-electron chi connectivity index (χ0n) is 11.9. The Morgan fingerprint density at radius 2 is 1.68 bits per heavy atom. The number of alkyl halides is 1. The molecule has 2 aromatic carbocycles. The fraction of sp³-hybridized carbons (Fsp3) is 0.188. The van der Waals surface area contributed by atoms with Gasteiger partial charge in [0.25, 0.3) is 5.91 Å². The van der Waals surface area contributed by atoms with Crippen molar-refractivity contribution in [1.82, 2.24) is 0 Å². The van der Waals surface area contributed by atoms with Gasteiger partial charge in [0.15, 0.2) is 4.87 Å². The number of halogens is 2. The summed E-state index contributed by atoms with van der Waals surface area (Å²) in [5.74, 6) is 0.775. The van der Waals surface area contributed by atoms with E-state index in [4.69, 9.17) is 32.7 Å². The molecular formula is C16H13Cl2NO3. The lowest BCUT2D eigenvalue weighted by Crippen LogP contribution is -2.29. The Balaban J connectivity index is 2.23. The molecule has 0 radical (unpaired) electrons. The third-order valence-corrected chi connectivity index (χ3v) is 4.49. The number of anilines is 1. The van der Waals surface area contributed by atoms with Gasteiger partial charge >= 0.3 is 0 Å². The first-order valence-electron chi connectivity index (χ1n) is 6.53. The Morgan fingerprint density at radius 1 is 1.05 bits per heavy atom. The van der Waals surface area contributed by atoms with E-state index in [-0.39, 0.29) is 5.91 Å². The molecule has 22 heavy (non-hydrogen) atoms. The summed E-state index contributed by atoms with van der Waals surface area (Å²) in [6.07, 6.45) is 0. The zero-order chi connectivity index (χ0) is 15.9. The summed E-state index contributed by atoms with van der Waals surface area (Å²) in [6.45, 7) is 0. The summed E-state index contributed by atoms with van der Waals surface area (Å²) in [5, 5.41) is 3.29. The lowest BCUT2D eigenvalue weighted by molar-refractivity contribution is -0.117. The van der Waals surface area contributed by atoms with Crippen LogP contribution in [0.2, 0.25) is 5.02 Å². The van der Waals surface area contributed by atoms with Crippen LogP contribution in [0.15, 0.2) is 36.4 Å². The first-order chi connectivity index (χ1) is 10.5. The summed E-state index contributed by atoms with van der Waals surface area (Å²) in [5.41, 5.74) is 1.82. The molecule has 0 saturated carbocycles. The summed E-state index contributed by atoms with van der Waals surface area (Å²) >= 11 is 12.8. The Hall–Kier alpha value is -1.91. The number of carbonyl (C=O) groups excluding carboxylic acids is 1. The van der Waals surface area contributed by atoms with Gasteiger partial charge in [-0.2, -0.15) is 0 Å². The van der Waals surface area contributed by atoms with Gasteiger partial charge in [-0.05, 0) is 35.9 Å². The second kappa shape index (κ2) is 5.38. The Bertz CT molecular complexity index is 741. The fourth-order valence-electron chi connectivity index (χ4n) is 2.53. The molecule has 0 spiro atoms. The first-order valence-corrected chi connectivity index (χ1v) is 7.28. The highest BCUT2D eigenvalue weighted by Crippen LogP contribution is 2.48. The van der Waals surface area contributed by atoms with Crippen LogP contribution in [0.25, 0.3) is 0 Å². The van der Waals surface area contributed by atoms with Crippen LogP contribution in [0.4, 0.5) is 5.69 Å². The topological polar surface area (TPSA) is 47.6 Å². The smallest absolute Gasteiger partial charge is 0.254 e. The second-order valence-electron chi connectivity index (χ2n) is 4.90. The molecule has 0 bridgehead atoms. The van der Waals surface area contributed by atoms with E-state index in [1.54, 1.807) is 50.6 Å². The molecule has 1 amide bonds. The minimum Gasteiger partial charge on any atom is -0.497 e. The third-order valence-electron chi connectivity index (χ3n) is 3.66. The van der Waals surface area contributed by atoms with Gasteiger partial charge in [0.05, 0.1) is 14.2 Å². The van der Waals surface area contributed by atoms with Crippen LogP contribution in [-0.2, 0) is 9.67 Å². The minimum absolute atomic E-state index is 0.332. The number of hydrogen-bond donors (Lipinski definition) is 1. The molecule has 0 fully saturated rings. The van der Waals surface area contributed by atoms with Crippen molar-refractivity contribution in [3.05, 3.63) is 52.5 Å². The number of carbonyl (C=O) groups is 1. The Labute approximate surface area is 137 Å². The van der Waals surface area contributed by atoms with Crippen molar-refractivity contribution in [2.24, 2.45) is 0 Å². The van der Waals surface area contributed by atoms with Gasteiger partial charge in [-0.25, -0.2) is 0 Å². The number of nitrogens with one attached hydrogen (secondary N) is 1. The van der Waals surface area contributed by atoms with E-state index in [9.17, 15) is 4.79 Å². The van der Waals surface area contributed by atoms with Crippen molar-refractivity contribution >= 4 is 34.8 Å². The number of fused-ring (bicyclic) bond motifs is 1. The lowest BCUT2D eigenvalue weighted by Gasteiger charge is -2.21. The van der Waals surface area contributed by atoms with E-state index >= 15 is 0 Å². The molecule has 0 aromatic heterocycles. The number of amides is 1. The summed E-state index contributed by atoms with van der Waals surface area (Å²) in [7, 11) is 3.08. The average molecular weight is 338 g/mol. The highest BCUT2D eigenvalue weighted by molar-refractivity contribution is 6.41. The molecule has 1 heterocycles. The van der Waals surface area contributed by atoms with E-state index in [0.717, 1.165) is 0 Å². The largest absolute Gasteiger partial charge is 0.497 e. The number of methoxy groups -OCH3 is 2. The molecule has 2 aromatic rings. The predicted octanol–water partition coefficient (Wildman–Crippen LogP) is 3.79. The highest BCUT2D eigenvalue weighted by atomic mass is 35.5. The standard InChI is InChI=1S/C16H13Cl2NO3/c1-21-11-5-9(6-12(8-11)22-2)16(18)13-7-10(17)3-4-14(13)19-15(16)20/h3-8H,1-2H3,(H,19,20). The molecule has 3 rings (SSSR count). The number of hydrogen-bond acceptors (Lipinski definition) is 3. The fourth-order valence-corrected chi connectivity index (χ4v) is 3.02. The van der Waals surface area contributed by atoms with E-state index < -0.39 is 4.87 Å². The highest BCUT2D eigenvalue weighted by Gasteiger charge is 2.47. The maximum absolute atomic E-state index is 12.5. The van der Waals surface area contributed by atoms with Crippen LogP contribution in [0.1, 0.15) is 11.1 Å². The molecular weight excluding hydrogens is 325 g/mol. The quantitative estimate of drug-likeness (QED) is 0.866. The van der Waals surface area contributed by atoms with Gasteiger partial charge in [-0.15, -0.1) is 0 Å². The van der Waals surface area contributed by atoms with E-state index in [0.29, 0.717) is 33.3 Å². The van der Waals surface area contributed by atoms with E-state index in [1.165, 1.54) is 0 Å². The molecule has 0 aliphatic carbocycles. The van der Waals surface area contributed by atoms with Crippen molar-refractivity contribution in [1.29, 1.82) is 0 Å². The van der Waals surface area contributed by atoms with Gasteiger partial charge in [0.1, 0.15) is 11.5 Å². The molecule has 0 saturated heterocycles. The van der Waals surface area contributed by atoms with Crippen LogP contribution >= 0.6 is 23.2 Å².